The summed E-state index contributed by atoms with van der Waals surface area (Å²) in [5, 5.41) is 3.00. The molecule has 1 N–H and O–H groups in total. The van der Waals surface area contributed by atoms with E-state index in [1.165, 1.54) is 4.52 Å². The summed E-state index contributed by atoms with van der Waals surface area (Å²) in [6.07, 6.45) is 0. The lowest BCUT2D eigenvalue weighted by molar-refractivity contribution is 0.794. The highest BCUT2D eigenvalue weighted by molar-refractivity contribution is 14.1. The highest BCUT2D eigenvalue weighted by Crippen LogP contribution is 2.16. The van der Waals surface area contributed by atoms with Crippen molar-refractivity contribution >= 4 is 28.2 Å². The third-order valence-corrected chi connectivity index (χ3v) is 3.63. The number of nitrogens with zero attached hydrogens (tertiary/aromatic N) is 2. The number of rotatable bonds is 1. The van der Waals surface area contributed by atoms with Crippen LogP contribution in [0, 0.1) is 10.5 Å². The van der Waals surface area contributed by atoms with E-state index in [9.17, 15) is 4.79 Å². The lowest BCUT2D eigenvalue weighted by atomic mass is 10.1. The zero-order chi connectivity index (χ0) is 11.2. The van der Waals surface area contributed by atoms with Gasteiger partial charge in [-0.3, -0.25) is 9.89 Å². The standard InChI is InChI=1S/C10H12IN3O/c1-5(2)7-4-8(15)14-10(12-7)9(11)6(3)13-14/h4-5,13H,1-3H3. The number of hydrogen-bond donors (Lipinski definition) is 1. The van der Waals surface area contributed by atoms with Crippen molar-refractivity contribution in [3.63, 3.8) is 0 Å². The maximum absolute atomic E-state index is 11.8. The molecule has 0 atom stereocenters. The normalized spacial score (nSPS) is 11.5. The Balaban J connectivity index is 2.86. The van der Waals surface area contributed by atoms with E-state index in [0.29, 0.717) is 0 Å². The van der Waals surface area contributed by atoms with Crippen LogP contribution >= 0.6 is 22.6 Å². The van der Waals surface area contributed by atoms with E-state index in [-0.39, 0.29) is 11.5 Å². The van der Waals surface area contributed by atoms with Gasteiger partial charge in [0.25, 0.3) is 5.56 Å². The van der Waals surface area contributed by atoms with E-state index in [1.807, 2.05) is 20.8 Å². The molecule has 4 nitrogen and oxygen atoms in total. The molecule has 0 aliphatic carbocycles. The number of hydrogen-bond acceptors (Lipinski definition) is 2. The smallest absolute Gasteiger partial charge is 0.272 e. The minimum absolute atomic E-state index is 0.0466. The third kappa shape index (κ3) is 1.68. The molecular weight excluding hydrogens is 305 g/mol. The van der Waals surface area contributed by atoms with Crippen molar-refractivity contribution in [3.05, 3.63) is 31.4 Å². The maximum Gasteiger partial charge on any atom is 0.272 e. The second kappa shape index (κ2) is 3.62. The number of fused-ring (bicyclic) bond motifs is 1. The summed E-state index contributed by atoms with van der Waals surface area (Å²) in [7, 11) is 0. The van der Waals surface area contributed by atoms with Crippen LogP contribution in [-0.4, -0.2) is 14.6 Å². The predicted molar refractivity (Wildman–Crippen MR) is 67.4 cm³/mol. The molecule has 2 aromatic rings. The first-order valence-corrected chi connectivity index (χ1v) is 5.86. The second-order valence-electron chi connectivity index (χ2n) is 3.88. The van der Waals surface area contributed by atoms with Gasteiger partial charge in [0.05, 0.1) is 9.26 Å². The molecule has 0 unspecified atom stereocenters. The lowest BCUT2D eigenvalue weighted by Crippen LogP contribution is -2.16. The van der Waals surface area contributed by atoms with Crippen LogP contribution in [0.15, 0.2) is 10.9 Å². The van der Waals surface area contributed by atoms with E-state index < -0.39 is 0 Å². The molecule has 0 radical (unpaired) electrons. The monoisotopic (exact) mass is 317 g/mol. The zero-order valence-electron chi connectivity index (χ0n) is 8.84. The highest BCUT2D eigenvalue weighted by atomic mass is 127. The van der Waals surface area contributed by atoms with Gasteiger partial charge in [0, 0.05) is 11.8 Å². The minimum atomic E-state index is -0.0466. The van der Waals surface area contributed by atoms with Gasteiger partial charge in [0.2, 0.25) is 0 Å². The largest absolute Gasteiger partial charge is 0.293 e. The van der Waals surface area contributed by atoms with Crippen molar-refractivity contribution in [2.75, 3.05) is 0 Å². The van der Waals surface area contributed by atoms with E-state index in [2.05, 4.69) is 32.7 Å². The van der Waals surface area contributed by atoms with Gasteiger partial charge in [-0.05, 0) is 35.4 Å². The molecule has 5 heteroatoms. The Morgan fingerprint density at radius 2 is 2.20 bits per heavy atom. The van der Waals surface area contributed by atoms with Gasteiger partial charge in [0.1, 0.15) is 0 Å². The summed E-state index contributed by atoms with van der Waals surface area (Å²) in [6, 6.07) is 1.59. The fourth-order valence-corrected chi connectivity index (χ4v) is 1.92. The van der Waals surface area contributed by atoms with Crippen LogP contribution in [0.1, 0.15) is 31.2 Å². The molecule has 0 saturated carbocycles. The summed E-state index contributed by atoms with van der Waals surface area (Å²) in [5.41, 5.74) is 2.50. The van der Waals surface area contributed by atoms with Gasteiger partial charge in [-0.25, -0.2) is 9.50 Å². The van der Waals surface area contributed by atoms with Crippen LogP contribution in [0.4, 0.5) is 0 Å². The first-order valence-electron chi connectivity index (χ1n) is 4.78. The van der Waals surface area contributed by atoms with E-state index in [4.69, 9.17) is 0 Å². The third-order valence-electron chi connectivity index (χ3n) is 2.34. The molecule has 80 valence electrons. The molecule has 15 heavy (non-hydrogen) atoms. The van der Waals surface area contributed by atoms with Gasteiger partial charge >= 0.3 is 0 Å². The molecule has 2 aromatic heterocycles. The van der Waals surface area contributed by atoms with Crippen LogP contribution in [-0.2, 0) is 0 Å². The van der Waals surface area contributed by atoms with Gasteiger partial charge in [-0.1, -0.05) is 13.8 Å². The lowest BCUT2D eigenvalue weighted by Gasteiger charge is -2.03. The van der Waals surface area contributed by atoms with Crippen LogP contribution in [0.5, 0.6) is 0 Å². The predicted octanol–water partition coefficient (Wildman–Crippen LogP) is 2.06. The van der Waals surface area contributed by atoms with Crippen molar-refractivity contribution in [1.29, 1.82) is 0 Å². The number of aromatic nitrogens is 3. The van der Waals surface area contributed by atoms with Crippen LogP contribution < -0.4 is 5.56 Å². The molecule has 0 bridgehead atoms. The van der Waals surface area contributed by atoms with Crippen molar-refractivity contribution < 1.29 is 0 Å². The average molecular weight is 317 g/mol. The van der Waals surface area contributed by atoms with Crippen molar-refractivity contribution in [1.82, 2.24) is 14.6 Å². The Morgan fingerprint density at radius 1 is 1.53 bits per heavy atom. The molecule has 2 heterocycles. The second-order valence-corrected chi connectivity index (χ2v) is 4.96. The zero-order valence-corrected chi connectivity index (χ0v) is 11.0. The van der Waals surface area contributed by atoms with Gasteiger partial charge < -0.3 is 0 Å². The maximum atomic E-state index is 11.8. The molecule has 0 spiro atoms. The number of nitrogens with one attached hydrogen (secondary N) is 1. The number of H-pyrrole nitrogens is 1. The molecular formula is C10H12IN3O. The minimum Gasteiger partial charge on any atom is -0.293 e. The van der Waals surface area contributed by atoms with Gasteiger partial charge in [0.15, 0.2) is 5.65 Å². The number of halogens is 1. The highest BCUT2D eigenvalue weighted by Gasteiger charge is 2.11. The first-order chi connectivity index (χ1) is 7.00. The van der Waals surface area contributed by atoms with Crippen LogP contribution in [0.3, 0.4) is 0 Å². The number of aryl methyl sites for hydroxylation is 1. The summed E-state index contributed by atoms with van der Waals surface area (Å²) in [4.78, 5) is 16.2. The molecule has 0 amide bonds. The Labute approximate surface area is 101 Å². The fraction of sp³-hybridized carbons (Fsp3) is 0.400. The van der Waals surface area contributed by atoms with E-state index >= 15 is 0 Å². The van der Waals surface area contributed by atoms with Crippen molar-refractivity contribution in [2.24, 2.45) is 0 Å². The molecule has 0 aliphatic rings. The van der Waals surface area contributed by atoms with Gasteiger partial charge in [-0.2, -0.15) is 0 Å². The molecule has 2 rings (SSSR count). The van der Waals surface area contributed by atoms with E-state index in [0.717, 1.165) is 20.6 Å². The van der Waals surface area contributed by atoms with Crippen LogP contribution in [0.2, 0.25) is 0 Å². The first kappa shape index (κ1) is 10.7. The Morgan fingerprint density at radius 3 is 2.80 bits per heavy atom. The van der Waals surface area contributed by atoms with Gasteiger partial charge in [-0.15, -0.1) is 0 Å². The summed E-state index contributed by atoms with van der Waals surface area (Å²) < 4.78 is 2.50. The van der Waals surface area contributed by atoms with Crippen molar-refractivity contribution in [3.8, 4) is 0 Å². The number of aromatic amines is 1. The van der Waals surface area contributed by atoms with Crippen LogP contribution in [0.25, 0.3) is 5.65 Å². The average Bonchev–Trinajstić information content (AvgIpc) is 2.45. The molecule has 0 aliphatic heterocycles. The Hall–Kier alpha value is -0.850. The summed E-state index contributed by atoms with van der Waals surface area (Å²) in [5.74, 6) is 0.272. The van der Waals surface area contributed by atoms with E-state index in [1.54, 1.807) is 6.07 Å². The summed E-state index contributed by atoms with van der Waals surface area (Å²) >= 11 is 2.20. The molecule has 0 saturated heterocycles. The SMILES string of the molecule is Cc1[nH]n2c(=O)cc(C(C)C)nc2c1I. The van der Waals surface area contributed by atoms with Crippen molar-refractivity contribution in [2.45, 2.75) is 26.7 Å². The summed E-state index contributed by atoms with van der Waals surface area (Å²) in [6.45, 7) is 6.00. The molecule has 0 fully saturated rings. The topological polar surface area (TPSA) is 50.2 Å². The Bertz CT molecular complexity index is 568. The quantitative estimate of drug-likeness (QED) is 0.819. The Kier molecular flexibility index (Phi) is 2.57. The molecule has 0 aromatic carbocycles. The fourth-order valence-electron chi connectivity index (χ4n) is 1.44.